The summed E-state index contributed by atoms with van der Waals surface area (Å²) in [5.41, 5.74) is 1.64. The fourth-order valence-electron chi connectivity index (χ4n) is 2.99. The van der Waals surface area contributed by atoms with Crippen LogP contribution < -0.4 is 19.5 Å². The van der Waals surface area contributed by atoms with Crippen molar-refractivity contribution in [2.45, 2.75) is 25.8 Å². The number of hydrogen-bond acceptors (Lipinski definition) is 5. The van der Waals surface area contributed by atoms with Crippen molar-refractivity contribution in [2.75, 3.05) is 41.5 Å². The molecule has 0 fully saturated rings. The fourth-order valence-corrected chi connectivity index (χ4v) is 2.99. The number of methoxy groups -OCH3 is 2. The molecule has 0 aliphatic heterocycles. The number of likely N-dealkylation sites (N-methyl/N-ethyl adjacent to an activating group) is 1. The number of benzene rings is 2. The van der Waals surface area contributed by atoms with Crippen molar-refractivity contribution in [1.29, 1.82) is 0 Å². The van der Waals surface area contributed by atoms with Crippen molar-refractivity contribution in [3.05, 3.63) is 53.6 Å². The van der Waals surface area contributed by atoms with Crippen molar-refractivity contribution in [2.24, 2.45) is 0 Å². The van der Waals surface area contributed by atoms with Crippen molar-refractivity contribution < 1.29 is 19.0 Å². The molecule has 1 atom stereocenters. The van der Waals surface area contributed by atoms with E-state index in [1.807, 2.05) is 44.4 Å². The summed E-state index contributed by atoms with van der Waals surface area (Å²) in [6.07, 6.45) is 2.11. The summed E-state index contributed by atoms with van der Waals surface area (Å²) in [7, 11) is 7.19. The molecule has 0 spiro atoms. The van der Waals surface area contributed by atoms with Crippen LogP contribution in [0.5, 0.6) is 17.2 Å². The molecule has 2 aromatic carbocycles. The van der Waals surface area contributed by atoms with Crippen molar-refractivity contribution in [1.82, 2.24) is 10.2 Å². The molecular weight excluding hydrogens is 368 g/mol. The second-order valence-electron chi connectivity index (χ2n) is 7.03. The molecule has 6 nitrogen and oxygen atoms in total. The van der Waals surface area contributed by atoms with Crippen LogP contribution in [0.4, 0.5) is 0 Å². The maximum atomic E-state index is 12.6. The Balaban J connectivity index is 2.02. The largest absolute Gasteiger partial charge is 0.494 e. The summed E-state index contributed by atoms with van der Waals surface area (Å²) < 4.78 is 16.4. The van der Waals surface area contributed by atoms with E-state index in [-0.39, 0.29) is 11.9 Å². The van der Waals surface area contributed by atoms with Crippen LogP contribution in [0.1, 0.15) is 41.7 Å². The van der Waals surface area contributed by atoms with Gasteiger partial charge in [0.1, 0.15) is 5.75 Å². The summed E-state index contributed by atoms with van der Waals surface area (Å²) >= 11 is 0. The van der Waals surface area contributed by atoms with Crippen molar-refractivity contribution in [3.8, 4) is 17.2 Å². The standard InChI is InChI=1S/C23H32N2O4/c1-6-7-14-29-19-11-8-17(9-12-19)23(26)24-16-20(25(2)3)18-10-13-21(27-4)22(15-18)28-5/h8-13,15,20H,6-7,14,16H2,1-5H3,(H,24,26). The van der Waals surface area contributed by atoms with Gasteiger partial charge in [-0.3, -0.25) is 4.79 Å². The van der Waals surface area contributed by atoms with E-state index in [4.69, 9.17) is 14.2 Å². The van der Waals surface area contributed by atoms with Gasteiger partial charge >= 0.3 is 0 Å². The van der Waals surface area contributed by atoms with Crippen molar-refractivity contribution >= 4 is 5.91 Å². The summed E-state index contributed by atoms with van der Waals surface area (Å²) in [5, 5.41) is 3.02. The van der Waals surface area contributed by atoms with Crippen LogP contribution in [0.25, 0.3) is 0 Å². The Hall–Kier alpha value is -2.73. The summed E-state index contributed by atoms with van der Waals surface area (Å²) in [6.45, 7) is 3.29. The zero-order chi connectivity index (χ0) is 21.2. The van der Waals surface area contributed by atoms with Crippen LogP contribution >= 0.6 is 0 Å². The number of amides is 1. The number of carbonyl (C=O) groups excluding carboxylic acids is 1. The van der Waals surface area contributed by atoms with Gasteiger partial charge in [-0.05, 0) is 62.5 Å². The Labute approximate surface area is 173 Å². The maximum Gasteiger partial charge on any atom is 0.251 e. The molecule has 1 N–H and O–H groups in total. The molecular formula is C23H32N2O4. The van der Waals surface area contributed by atoms with E-state index in [2.05, 4.69) is 17.1 Å². The van der Waals surface area contributed by atoms with Crippen LogP contribution in [-0.4, -0.2) is 52.3 Å². The number of ether oxygens (including phenoxy) is 3. The first-order valence-electron chi connectivity index (χ1n) is 9.89. The first kappa shape index (κ1) is 22.6. The Morgan fingerprint density at radius 2 is 1.72 bits per heavy atom. The van der Waals surface area contributed by atoms with E-state index in [1.165, 1.54) is 0 Å². The molecule has 6 heteroatoms. The van der Waals surface area contributed by atoms with Crippen LogP contribution in [0, 0.1) is 0 Å². The third kappa shape index (κ3) is 6.39. The minimum absolute atomic E-state index is 0.00425. The van der Waals surface area contributed by atoms with E-state index in [1.54, 1.807) is 26.4 Å². The monoisotopic (exact) mass is 400 g/mol. The van der Waals surface area contributed by atoms with Crippen LogP contribution in [0.15, 0.2) is 42.5 Å². The molecule has 1 amide bonds. The van der Waals surface area contributed by atoms with Gasteiger partial charge in [-0.1, -0.05) is 19.4 Å². The second kappa shape index (κ2) is 11.3. The van der Waals surface area contributed by atoms with Gasteiger partial charge in [0, 0.05) is 12.1 Å². The third-order valence-electron chi connectivity index (χ3n) is 4.75. The van der Waals surface area contributed by atoms with Gasteiger partial charge in [0.2, 0.25) is 0 Å². The van der Waals surface area contributed by atoms with Gasteiger partial charge in [-0.15, -0.1) is 0 Å². The quantitative estimate of drug-likeness (QED) is 0.580. The molecule has 2 aromatic rings. The zero-order valence-corrected chi connectivity index (χ0v) is 18.0. The average molecular weight is 401 g/mol. The Morgan fingerprint density at radius 3 is 2.31 bits per heavy atom. The van der Waals surface area contributed by atoms with Gasteiger partial charge in [0.15, 0.2) is 11.5 Å². The van der Waals surface area contributed by atoms with E-state index < -0.39 is 0 Å². The fraction of sp³-hybridized carbons (Fsp3) is 0.435. The lowest BCUT2D eigenvalue weighted by molar-refractivity contribution is 0.0942. The van der Waals surface area contributed by atoms with Crippen LogP contribution in [0.2, 0.25) is 0 Å². The minimum Gasteiger partial charge on any atom is -0.494 e. The molecule has 158 valence electrons. The minimum atomic E-state index is -0.113. The lowest BCUT2D eigenvalue weighted by Gasteiger charge is -2.26. The zero-order valence-electron chi connectivity index (χ0n) is 18.0. The highest BCUT2D eigenvalue weighted by molar-refractivity contribution is 5.94. The van der Waals surface area contributed by atoms with Crippen LogP contribution in [-0.2, 0) is 0 Å². The molecule has 0 saturated heterocycles. The molecule has 0 heterocycles. The number of hydrogen-bond donors (Lipinski definition) is 1. The van der Waals surface area contributed by atoms with E-state index in [9.17, 15) is 4.79 Å². The number of nitrogens with one attached hydrogen (secondary N) is 1. The van der Waals surface area contributed by atoms with Gasteiger partial charge < -0.3 is 24.4 Å². The van der Waals surface area contributed by atoms with Gasteiger partial charge in [0.25, 0.3) is 5.91 Å². The van der Waals surface area contributed by atoms with Crippen molar-refractivity contribution in [3.63, 3.8) is 0 Å². The second-order valence-corrected chi connectivity index (χ2v) is 7.03. The topological polar surface area (TPSA) is 60.0 Å². The number of nitrogens with zero attached hydrogens (tertiary/aromatic N) is 1. The molecule has 0 aromatic heterocycles. The maximum absolute atomic E-state index is 12.6. The summed E-state index contributed by atoms with van der Waals surface area (Å²) in [5.74, 6) is 2.02. The summed E-state index contributed by atoms with van der Waals surface area (Å²) in [4.78, 5) is 14.6. The van der Waals surface area contributed by atoms with Crippen LogP contribution in [0.3, 0.4) is 0 Å². The highest BCUT2D eigenvalue weighted by Crippen LogP contribution is 2.31. The number of rotatable bonds is 11. The Kier molecular flexibility index (Phi) is 8.80. The molecule has 0 aliphatic carbocycles. The number of carbonyl (C=O) groups is 1. The van der Waals surface area contributed by atoms with E-state index in [0.29, 0.717) is 30.2 Å². The van der Waals surface area contributed by atoms with Gasteiger partial charge in [-0.25, -0.2) is 0 Å². The highest BCUT2D eigenvalue weighted by atomic mass is 16.5. The van der Waals surface area contributed by atoms with E-state index >= 15 is 0 Å². The number of unbranched alkanes of at least 4 members (excludes halogenated alkanes) is 1. The predicted octanol–water partition coefficient (Wildman–Crippen LogP) is 3.92. The van der Waals surface area contributed by atoms with Gasteiger partial charge in [-0.2, -0.15) is 0 Å². The van der Waals surface area contributed by atoms with Gasteiger partial charge in [0.05, 0.1) is 26.9 Å². The summed E-state index contributed by atoms with van der Waals surface area (Å²) in [6, 6.07) is 13.1. The normalized spacial score (nSPS) is 11.8. The molecule has 2 rings (SSSR count). The lowest BCUT2D eigenvalue weighted by atomic mass is 10.0. The Morgan fingerprint density at radius 1 is 1.03 bits per heavy atom. The highest BCUT2D eigenvalue weighted by Gasteiger charge is 2.18. The molecule has 0 saturated carbocycles. The average Bonchev–Trinajstić information content (AvgIpc) is 2.74. The molecule has 29 heavy (non-hydrogen) atoms. The smallest absolute Gasteiger partial charge is 0.251 e. The molecule has 1 unspecified atom stereocenters. The molecule has 0 aliphatic rings. The molecule has 0 radical (unpaired) electrons. The first-order chi connectivity index (χ1) is 14.0. The third-order valence-corrected chi connectivity index (χ3v) is 4.75. The lowest BCUT2D eigenvalue weighted by Crippen LogP contribution is -2.34. The Bertz CT molecular complexity index is 775. The predicted molar refractivity (Wildman–Crippen MR) is 115 cm³/mol. The molecule has 0 bridgehead atoms. The SMILES string of the molecule is CCCCOc1ccc(C(=O)NCC(c2ccc(OC)c(OC)c2)N(C)C)cc1. The van der Waals surface area contributed by atoms with E-state index in [0.717, 1.165) is 24.2 Å². The first-order valence-corrected chi connectivity index (χ1v) is 9.89.